The fraction of sp³-hybridized carbons (Fsp3) is 0.387. The van der Waals surface area contributed by atoms with Gasteiger partial charge in [-0.25, -0.2) is 9.98 Å². The molecule has 2 aliphatic rings. The molecule has 3 aromatic rings. The molecule has 0 saturated carbocycles. The number of amides is 1. The number of aliphatic imine (C=N–C) groups is 2. The van der Waals surface area contributed by atoms with E-state index in [0.29, 0.717) is 23.1 Å². The van der Waals surface area contributed by atoms with Crippen LogP contribution in [0.5, 0.6) is 5.75 Å². The van der Waals surface area contributed by atoms with Crippen molar-refractivity contribution in [2.45, 2.75) is 38.3 Å². The fourth-order valence-corrected chi connectivity index (χ4v) is 5.70. The molecule has 0 radical (unpaired) electrons. The Morgan fingerprint density at radius 3 is 2.80 bits per heavy atom. The molecule has 1 amide bonds. The van der Waals surface area contributed by atoms with Crippen molar-refractivity contribution in [1.82, 2.24) is 9.47 Å². The van der Waals surface area contributed by atoms with Crippen molar-refractivity contribution in [3.05, 3.63) is 60.3 Å². The van der Waals surface area contributed by atoms with Crippen molar-refractivity contribution in [2.75, 3.05) is 56.9 Å². The van der Waals surface area contributed by atoms with E-state index in [1.54, 1.807) is 7.11 Å². The molecule has 5 rings (SSSR count). The summed E-state index contributed by atoms with van der Waals surface area (Å²) in [5.74, 6) is 0.882. The number of anilines is 3. The lowest BCUT2D eigenvalue weighted by atomic mass is 9.99. The first kappa shape index (κ1) is 27.5. The summed E-state index contributed by atoms with van der Waals surface area (Å²) in [5.41, 5.74) is 6.17. The van der Waals surface area contributed by atoms with Crippen molar-refractivity contribution in [1.29, 1.82) is 0 Å². The van der Waals surface area contributed by atoms with Crippen LogP contribution >= 0.6 is 0 Å². The third-order valence-electron chi connectivity index (χ3n) is 7.59. The van der Waals surface area contributed by atoms with Crippen LogP contribution in [0.1, 0.15) is 36.6 Å². The number of hydrogen-bond acceptors (Lipinski definition) is 7. The summed E-state index contributed by atoms with van der Waals surface area (Å²) in [4.78, 5) is 26.3. The Kier molecular flexibility index (Phi) is 8.21. The summed E-state index contributed by atoms with van der Waals surface area (Å²) in [6.07, 6.45) is 7.17. The molecule has 1 aromatic heterocycles. The molecular weight excluding hydrogens is 502 g/mol. The highest BCUT2D eigenvalue weighted by Gasteiger charge is 2.27. The molecule has 3 heterocycles. The molecule has 2 aliphatic heterocycles. The number of nitrogens with one attached hydrogen (secondary N) is 2. The zero-order valence-corrected chi connectivity index (χ0v) is 23.9. The Balaban J connectivity index is 1.46. The summed E-state index contributed by atoms with van der Waals surface area (Å²) >= 11 is 0. The molecule has 0 bridgehead atoms. The Morgan fingerprint density at radius 1 is 1.20 bits per heavy atom. The first-order valence-electron chi connectivity index (χ1n) is 13.9. The standard InChI is InChI=1S/C31H39N7O2/c1-6-29(39)33-23-19-24(28(40-5)20-27(23)37(4)17-10-16-36(2)3)35-31-32-15-14-22(34-31)30-21-11-7-8-12-25(21)38-18-9-13-26(30)38/h6-8,11-12,15,19-20,22H,1,9-10,13-14,16-18H2,2-5H3,(H,33,39)(H,34,35). The number of ether oxygens (including phenoxy) is 1. The van der Waals surface area contributed by atoms with E-state index in [-0.39, 0.29) is 11.9 Å². The molecule has 0 saturated heterocycles. The minimum absolute atomic E-state index is 0.0210. The van der Waals surface area contributed by atoms with Gasteiger partial charge >= 0.3 is 0 Å². The van der Waals surface area contributed by atoms with E-state index in [9.17, 15) is 4.79 Å². The lowest BCUT2D eigenvalue weighted by Gasteiger charge is -2.25. The second kappa shape index (κ2) is 12.0. The van der Waals surface area contributed by atoms with E-state index < -0.39 is 0 Å². The quantitative estimate of drug-likeness (QED) is 0.349. The lowest BCUT2D eigenvalue weighted by Crippen LogP contribution is -2.25. The van der Waals surface area contributed by atoms with Gasteiger partial charge in [-0.3, -0.25) is 4.79 Å². The van der Waals surface area contributed by atoms with Crippen molar-refractivity contribution >= 4 is 46.0 Å². The van der Waals surface area contributed by atoms with E-state index >= 15 is 0 Å². The van der Waals surface area contributed by atoms with Gasteiger partial charge in [0.1, 0.15) is 5.75 Å². The number of fused-ring (bicyclic) bond motifs is 3. The molecule has 9 nitrogen and oxygen atoms in total. The van der Waals surface area contributed by atoms with Gasteiger partial charge in [0.25, 0.3) is 0 Å². The molecule has 2 aromatic carbocycles. The Bertz CT molecular complexity index is 1470. The molecule has 2 N–H and O–H groups in total. The van der Waals surface area contributed by atoms with E-state index in [1.807, 2.05) is 25.4 Å². The molecule has 210 valence electrons. The maximum atomic E-state index is 12.3. The van der Waals surface area contributed by atoms with Gasteiger partial charge in [0.2, 0.25) is 11.9 Å². The van der Waals surface area contributed by atoms with Crippen LogP contribution in [0, 0.1) is 0 Å². The average Bonchev–Trinajstić information content (AvgIpc) is 3.54. The summed E-state index contributed by atoms with van der Waals surface area (Å²) in [5, 5.41) is 7.62. The summed E-state index contributed by atoms with van der Waals surface area (Å²) < 4.78 is 8.23. The van der Waals surface area contributed by atoms with Crippen LogP contribution < -0.4 is 20.3 Å². The molecule has 0 fully saturated rings. The van der Waals surface area contributed by atoms with Gasteiger partial charge in [0, 0.05) is 61.0 Å². The zero-order valence-electron chi connectivity index (χ0n) is 23.9. The maximum absolute atomic E-state index is 12.3. The van der Waals surface area contributed by atoms with Crippen LogP contribution in [-0.2, 0) is 17.8 Å². The highest BCUT2D eigenvalue weighted by atomic mass is 16.5. The van der Waals surface area contributed by atoms with Crippen LogP contribution in [0.3, 0.4) is 0 Å². The average molecular weight is 542 g/mol. The van der Waals surface area contributed by atoms with E-state index in [4.69, 9.17) is 9.73 Å². The molecular formula is C31H39N7O2. The number of aromatic nitrogens is 1. The number of carbonyl (C=O) groups is 1. The Hall–Kier alpha value is -4.11. The van der Waals surface area contributed by atoms with E-state index in [2.05, 4.69) is 74.9 Å². The number of hydrogen-bond donors (Lipinski definition) is 2. The Morgan fingerprint density at radius 2 is 2.02 bits per heavy atom. The Labute approximate surface area is 236 Å². The lowest BCUT2D eigenvalue weighted by molar-refractivity contribution is -0.111. The van der Waals surface area contributed by atoms with Crippen molar-refractivity contribution in [2.24, 2.45) is 9.98 Å². The highest BCUT2D eigenvalue weighted by molar-refractivity contribution is 6.05. The predicted molar refractivity (Wildman–Crippen MR) is 165 cm³/mol. The van der Waals surface area contributed by atoms with E-state index in [1.165, 1.54) is 28.2 Å². The number of para-hydroxylation sites is 1. The molecule has 1 atom stereocenters. The molecule has 9 heteroatoms. The normalized spacial score (nSPS) is 16.1. The van der Waals surface area contributed by atoms with Gasteiger partial charge < -0.3 is 29.7 Å². The van der Waals surface area contributed by atoms with Gasteiger partial charge in [0.05, 0.1) is 30.2 Å². The van der Waals surface area contributed by atoms with Crippen molar-refractivity contribution < 1.29 is 9.53 Å². The maximum Gasteiger partial charge on any atom is 0.247 e. The van der Waals surface area contributed by atoms with Crippen LogP contribution in [0.4, 0.5) is 17.1 Å². The van der Waals surface area contributed by atoms with Gasteiger partial charge in [-0.1, -0.05) is 24.8 Å². The molecule has 40 heavy (non-hydrogen) atoms. The third kappa shape index (κ3) is 5.60. The summed E-state index contributed by atoms with van der Waals surface area (Å²) in [6, 6.07) is 12.4. The van der Waals surface area contributed by atoms with E-state index in [0.717, 1.165) is 51.0 Å². The summed E-state index contributed by atoms with van der Waals surface area (Å²) in [7, 11) is 7.78. The highest BCUT2D eigenvalue weighted by Crippen LogP contribution is 2.40. The smallest absolute Gasteiger partial charge is 0.247 e. The number of guanidine groups is 1. The second-order valence-corrected chi connectivity index (χ2v) is 10.6. The topological polar surface area (TPSA) is 86.5 Å². The zero-order chi connectivity index (χ0) is 28.2. The van der Waals surface area contributed by atoms with Crippen LogP contribution in [0.15, 0.2) is 59.0 Å². The molecule has 1 unspecified atom stereocenters. The van der Waals surface area contributed by atoms with Crippen LogP contribution in [0.25, 0.3) is 10.9 Å². The van der Waals surface area contributed by atoms with Gasteiger partial charge in [0.15, 0.2) is 0 Å². The van der Waals surface area contributed by atoms with Gasteiger partial charge in [-0.2, -0.15) is 0 Å². The minimum Gasteiger partial charge on any atom is -0.494 e. The largest absolute Gasteiger partial charge is 0.494 e. The second-order valence-electron chi connectivity index (χ2n) is 10.6. The van der Waals surface area contributed by atoms with Crippen LogP contribution in [0.2, 0.25) is 0 Å². The van der Waals surface area contributed by atoms with Gasteiger partial charge in [-0.05, 0) is 58.1 Å². The number of nitrogens with zero attached hydrogens (tertiary/aromatic N) is 5. The van der Waals surface area contributed by atoms with Crippen molar-refractivity contribution in [3.63, 3.8) is 0 Å². The SMILES string of the molecule is C=CC(=O)Nc1cc(NC2=NC(c3c4n(c5ccccc35)CCC4)CC=N2)c(OC)cc1N(C)CCCN(C)C. The summed E-state index contributed by atoms with van der Waals surface area (Å²) in [6.45, 7) is 6.46. The number of rotatable bonds is 10. The molecule has 0 aliphatic carbocycles. The third-order valence-corrected chi connectivity index (χ3v) is 7.59. The first-order chi connectivity index (χ1) is 19.4. The first-order valence-corrected chi connectivity index (χ1v) is 13.9. The number of methoxy groups -OCH3 is 1. The monoisotopic (exact) mass is 541 g/mol. The number of aryl methyl sites for hydroxylation is 1. The number of benzene rings is 2. The fourth-order valence-electron chi connectivity index (χ4n) is 5.70. The minimum atomic E-state index is -0.276. The number of carbonyl (C=O) groups excluding carboxylic acids is 1. The van der Waals surface area contributed by atoms with Crippen molar-refractivity contribution in [3.8, 4) is 5.75 Å². The van der Waals surface area contributed by atoms with Crippen LogP contribution in [-0.4, -0.2) is 68.9 Å². The van der Waals surface area contributed by atoms with Gasteiger partial charge in [-0.15, -0.1) is 0 Å². The molecule has 0 spiro atoms. The predicted octanol–water partition coefficient (Wildman–Crippen LogP) is 5.09.